The standard InChI is InChI=1S/C14H12BrN3O4/c15-10-4-6-11(7-5-10)22-9-13(19)16-17-14(20)12-3-1-2-8-18(12)21/h1-8H,9H2,(H,16,19)(H,17,20). The van der Waals surface area contributed by atoms with Gasteiger partial charge in [0.1, 0.15) is 5.75 Å². The van der Waals surface area contributed by atoms with Crippen LogP contribution in [0.2, 0.25) is 0 Å². The highest BCUT2D eigenvalue weighted by Gasteiger charge is 2.15. The maximum atomic E-state index is 11.7. The molecule has 8 heteroatoms. The Kier molecular flexibility index (Phi) is 5.31. The molecule has 1 aromatic heterocycles. The largest absolute Gasteiger partial charge is 0.618 e. The fourth-order valence-electron chi connectivity index (χ4n) is 1.51. The summed E-state index contributed by atoms with van der Waals surface area (Å²) in [6, 6.07) is 11.3. The molecule has 2 amide bonds. The Morgan fingerprint density at radius 3 is 2.55 bits per heavy atom. The maximum absolute atomic E-state index is 11.7. The molecule has 1 aromatic carbocycles. The van der Waals surface area contributed by atoms with Crippen LogP contribution in [0.3, 0.4) is 0 Å². The van der Waals surface area contributed by atoms with Crippen LogP contribution < -0.4 is 20.3 Å². The van der Waals surface area contributed by atoms with Crippen LogP contribution in [0.1, 0.15) is 10.5 Å². The average Bonchev–Trinajstić information content (AvgIpc) is 2.52. The topological polar surface area (TPSA) is 94.4 Å². The molecule has 0 saturated heterocycles. The van der Waals surface area contributed by atoms with Crippen LogP contribution in [-0.4, -0.2) is 18.4 Å². The molecule has 22 heavy (non-hydrogen) atoms. The Labute approximate surface area is 134 Å². The number of rotatable bonds is 4. The molecule has 0 bridgehead atoms. The Hall–Kier alpha value is -2.61. The molecular weight excluding hydrogens is 354 g/mol. The summed E-state index contributed by atoms with van der Waals surface area (Å²) in [4.78, 5) is 23.2. The lowest BCUT2D eigenvalue weighted by Crippen LogP contribution is -2.47. The first kappa shape index (κ1) is 15.8. The second kappa shape index (κ2) is 7.41. The van der Waals surface area contributed by atoms with Crippen molar-refractivity contribution in [2.24, 2.45) is 0 Å². The zero-order chi connectivity index (χ0) is 15.9. The van der Waals surface area contributed by atoms with Gasteiger partial charge in [0.25, 0.3) is 11.6 Å². The van der Waals surface area contributed by atoms with E-state index in [1.54, 1.807) is 30.3 Å². The molecule has 0 unspecified atom stereocenters. The molecule has 2 N–H and O–H groups in total. The van der Waals surface area contributed by atoms with E-state index in [9.17, 15) is 14.8 Å². The number of ether oxygens (including phenoxy) is 1. The number of benzene rings is 1. The van der Waals surface area contributed by atoms with Crippen molar-refractivity contribution in [3.63, 3.8) is 0 Å². The number of halogens is 1. The van der Waals surface area contributed by atoms with Crippen molar-refractivity contribution < 1.29 is 19.1 Å². The predicted octanol–water partition coefficient (Wildman–Crippen LogP) is 0.922. The van der Waals surface area contributed by atoms with E-state index in [0.29, 0.717) is 10.5 Å². The molecule has 2 rings (SSSR count). The Balaban J connectivity index is 1.79. The zero-order valence-electron chi connectivity index (χ0n) is 11.3. The summed E-state index contributed by atoms with van der Waals surface area (Å²) < 4.78 is 6.53. The lowest BCUT2D eigenvalue weighted by atomic mass is 10.3. The zero-order valence-corrected chi connectivity index (χ0v) is 12.9. The van der Waals surface area contributed by atoms with Gasteiger partial charge in [-0.15, -0.1) is 0 Å². The number of nitrogens with zero attached hydrogens (tertiary/aromatic N) is 1. The minimum Gasteiger partial charge on any atom is -0.618 e. The number of pyridine rings is 1. The maximum Gasteiger partial charge on any atom is 0.335 e. The molecule has 0 aliphatic rings. The van der Waals surface area contributed by atoms with Crippen molar-refractivity contribution in [1.82, 2.24) is 10.9 Å². The van der Waals surface area contributed by atoms with Gasteiger partial charge < -0.3 is 9.94 Å². The van der Waals surface area contributed by atoms with Gasteiger partial charge in [0.2, 0.25) is 0 Å². The van der Waals surface area contributed by atoms with Crippen molar-refractivity contribution in [3.8, 4) is 5.75 Å². The Morgan fingerprint density at radius 2 is 1.86 bits per heavy atom. The van der Waals surface area contributed by atoms with E-state index in [-0.39, 0.29) is 12.3 Å². The van der Waals surface area contributed by atoms with Crippen molar-refractivity contribution in [2.45, 2.75) is 0 Å². The third-order valence-electron chi connectivity index (χ3n) is 2.56. The van der Waals surface area contributed by atoms with Gasteiger partial charge in [-0.2, -0.15) is 4.73 Å². The Morgan fingerprint density at radius 1 is 1.14 bits per heavy atom. The first-order valence-corrected chi connectivity index (χ1v) is 7.01. The van der Waals surface area contributed by atoms with Crippen molar-refractivity contribution in [1.29, 1.82) is 0 Å². The van der Waals surface area contributed by atoms with E-state index in [2.05, 4.69) is 26.8 Å². The molecule has 0 fully saturated rings. The second-order valence-corrected chi connectivity index (χ2v) is 5.07. The van der Waals surface area contributed by atoms with Crippen LogP contribution >= 0.6 is 15.9 Å². The van der Waals surface area contributed by atoms with Gasteiger partial charge in [0.05, 0.1) is 0 Å². The molecule has 0 atom stereocenters. The van der Waals surface area contributed by atoms with Crippen LogP contribution in [0, 0.1) is 5.21 Å². The average molecular weight is 366 g/mol. The molecule has 0 spiro atoms. The summed E-state index contributed by atoms with van der Waals surface area (Å²) >= 11 is 3.28. The molecular formula is C14H12BrN3O4. The number of nitrogens with one attached hydrogen (secondary N) is 2. The number of amides is 2. The second-order valence-electron chi connectivity index (χ2n) is 4.16. The molecule has 7 nitrogen and oxygen atoms in total. The van der Waals surface area contributed by atoms with E-state index in [0.717, 1.165) is 4.47 Å². The van der Waals surface area contributed by atoms with Gasteiger partial charge in [0, 0.05) is 16.6 Å². The van der Waals surface area contributed by atoms with Gasteiger partial charge in [-0.3, -0.25) is 20.4 Å². The van der Waals surface area contributed by atoms with Gasteiger partial charge in [-0.1, -0.05) is 15.9 Å². The predicted molar refractivity (Wildman–Crippen MR) is 80.6 cm³/mol. The first-order chi connectivity index (χ1) is 10.6. The number of carbonyl (C=O) groups excluding carboxylic acids is 2. The highest BCUT2D eigenvalue weighted by Crippen LogP contribution is 2.15. The summed E-state index contributed by atoms with van der Waals surface area (Å²) in [5.74, 6) is -0.748. The SMILES string of the molecule is O=C(COc1ccc(Br)cc1)NNC(=O)c1cccc[n+]1[O-]. The summed E-state index contributed by atoms with van der Waals surface area (Å²) in [6.07, 6.45) is 1.19. The van der Waals surface area contributed by atoms with E-state index >= 15 is 0 Å². The fourth-order valence-corrected chi connectivity index (χ4v) is 1.77. The minimum atomic E-state index is -0.715. The summed E-state index contributed by atoms with van der Waals surface area (Å²) in [5.41, 5.74) is 4.17. The van der Waals surface area contributed by atoms with Gasteiger partial charge in [-0.25, -0.2) is 0 Å². The highest BCUT2D eigenvalue weighted by molar-refractivity contribution is 9.10. The molecule has 114 valence electrons. The van der Waals surface area contributed by atoms with Crippen molar-refractivity contribution in [3.05, 3.63) is 64.0 Å². The molecule has 2 aromatic rings. The molecule has 0 saturated carbocycles. The minimum absolute atomic E-state index is 0.128. The molecule has 1 heterocycles. The summed E-state index contributed by atoms with van der Waals surface area (Å²) in [6.45, 7) is -0.270. The monoisotopic (exact) mass is 365 g/mol. The van der Waals surface area contributed by atoms with Crippen LogP contribution in [0.4, 0.5) is 0 Å². The lowest BCUT2D eigenvalue weighted by molar-refractivity contribution is -0.607. The molecule has 0 aliphatic carbocycles. The number of carbonyl (C=O) groups is 2. The highest BCUT2D eigenvalue weighted by atomic mass is 79.9. The van der Waals surface area contributed by atoms with Gasteiger partial charge >= 0.3 is 5.91 Å². The van der Waals surface area contributed by atoms with E-state index in [1.807, 2.05) is 0 Å². The van der Waals surface area contributed by atoms with Crippen molar-refractivity contribution >= 4 is 27.7 Å². The van der Waals surface area contributed by atoms with Crippen molar-refractivity contribution in [2.75, 3.05) is 6.61 Å². The third kappa shape index (κ3) is 4.45. The number of hydrogen-bond acceptors (Lipinski definition) is 4. The smallest absolute Gasteiger partial charge is 0.335 e. The number of hydrazine groups is 1. The lowest BCUT2D eigenvalue weighted by Gasteiger charge is -2.08. The van der Waals surface area contributed by atoms with Crippen LogP contribution in [-0.2, 0) is 4.79 Å². The third-order valence-corrected chi connectivity index (χ3v) is 3.08. The van der Waals surface area contributed by atoms with E-state index in [1.165, 1.54) is 18.3 Å². The summed E-state index contributed by atoms with van der Waals surface area (Å²) in [5, 5.41) is 11.4. The normalized spacial score (nSPS) is 9.86. The van der Waals surface area contributed by atoms with Gasteiger partial charge in [0.15, 0.2) is 12.8 Å². The molecule has 0 aliphatic heterocycles. The summed E-state index contributed by atoms with van der Waals surface area (Å²) in [7, 11) is 0. The fraction of sp³-hybridized carbons (Fsp3) is 0.0714. The quantitative estimate of drug-likeness (QED) is 0.478. The molecule has 0 radical (unpaired) electrons. The van der Waals surface area contributed by atoms with E-state index < -0.39 is 11.8 Å². The van der Waals surface area contributed by atoms with Crippen LogP contribution in [0.25, 0.3) is 0 Å². The van der Waals surface area contributed by atoms with Crippen LogP contribution in [0.15, 0.2) is 53.1 Å². The van der Waals surface area contributed by atoms with Crippen LogP contribution in [0.5, 0.6) is 5.75 Å². The number of aromatic nitrogens is 1. The van der Waals surface area contributed by atoms with E-state index in [4.69, 9.17) is 4.74 Å². The first-order valence-electron chi connectivity index (χ1n) is 6.22. The number of hydrogen-bond donors (Lipinski definition) is 2. The van der Waals surface area contributed by atoms with Gasteiger partial charge in [-0.05, 0) is 30.3 Å². The Bertz CT molecular complexity index is 676.